The summed E-state index contributed by atoms with van der Waals surface area (Å²) in [6.07, 6.45) is 1.76. The number of halogens is 1. The molecule has 2 aromatic rings. The van der Waals surface area contributed by atoms with Gasteiger partial charge in [-0.1, -0.05) is 12.1 Å². The Kier molecular flexibility index (Phi) is 5.39. The highest BCUT2D eigenvalue weighted by Crippen LogP contribution is 2.32. The molecule has 0 aliphatic heterocycles. The summed E-state index contributed by atoms with van der Waals surface area (Å²) in [5.41, 5.74) is 9.43. The lowest BCUT2D eigenvalue weighted by molar-refractivity contribution is 0.182. The minimum atomic E-state index is -0.325. The van der Waals surface area contributed by atoms with Gasteiger partial charge in [0.1, 0.15) is 5.75 Å². The zero-order valence-electron chi connectivity index (χ0n) is 12.5. The first-order chi connectivity index (χ1) is 10.1. The van der Waals surface area contributed by atoms with E-state index in [9.17, 15) is 0 Å². The summed E-state index contributed by atoms with van der Waals surface area (Å²) in [6.45, 7) is 3.26. The lowest BCUT2D eigenvalue weighted by Crippen LogP contribution is -2.20. The van der Waals surface area contributed by atoms with Crippen molar-refractivity contribution in [3.05, 3.63) is 45.7 Å². The normalized spacial score (nSPS) is 12.4. The van der Waals surface area contributed by atoms with Gasteiger partial charge in [-0.15, -0.1) is 0 Å². The van der Waals surface area contributed by atoms with E-state index >= 15 is 0 Å². The number of rotatable bonds is 6. The number of ether oxygens (including phenoxy) is 2. The van der Waals surface area contributed by atoms with E-state index in [2.05, 4.69) is 21.0 Å². The fourth-order valence-electron chi connectivity index (χ4n) is 2.26. The number of aromatic nitrogens is 2. The maximum atomic E-state index is 6.45. The maximum absolute atomic E-state index is 6.45. The molecule has 114 valence electrons. The molecule has 1 atom stereocenters. The summed E-state index contributed by atoms with van der Waals surface area (Å²) in [6, 6.07) is 5.69. The second-order valence-electron chi connectivity index (χ2n) is 4.82. The average Bonchev–Trinajstić information content (AvgIpc) is 2.85. The van der Waals surface area contributed by atoms with Crippen LogP contribution in [-0.4, -0.2) is 30.6 Å². The van der Waals surface area contributed by atoms with E-state index < -0.39 is 0 Å². The molecule has 0 radical (unpaired) electrons. The molecular formula is C15H20BrN3O2. The largest absolute Gasteiger partial charge is 0.496 e. The van der Waals surface area contributed by atoms with Gasteiger partial charge in [0.05, 0.1) is 42.7 Å². The van der Waals surface area contributed by atoms with Crippen molar-refractivity contribution >= 4 is 15.9 Å². The number of benzene rings is 1. The van der Waals surface area contributed by atoms with Crippen LogP contribution in [0.25, 0.3) is 0 Å². The molecule has 5 nitrogen and oxygen atoms in total. The third-order valence-corrected chi connectivity index (χ3v) is 3.97. The Morgan fingerprint density at radius 1 is 1.38 bits per heavy atom. The molecule has 2 rings (SSSR count). The molecule has 1 heterocycles. The zero-order chi connectivity index (χ0) is 15.4. The van der Waals surface area contributed by atoms with Crippen molar-refractivity contribution in [1.29, 1.82) is 0 Å². The van der Waals surface area contributed by atoms with Crippen LogP contribution in [0.3, 0.4) is 0 Å². The van der Waals surface area contributed by atoms with E-state index in [0.29, 0.717) is 13.2 Å². The smallest absolute Gasteiger partial charge is 0.124 e. The van der Waals surface area contributed by atoms with Crippen molar-refractivity contribution in [3.63, 3.8) is 0 Å². The summed E-state index contributed by atoms with van der Waals surface area (Å²) in [5, 5.41) is 4.34. The predicted octanol–water partition coefficient (Wildman–Crippen LogP) is 2.66. The molecule has 0 fully saturated rings. The van der Waals surface area contributed by atoms with Crippen LogP contribution < -0.4 is 10.5 Å². The number of hydrogen-bond acceptors (Lipinski definition) is 4. The van der Waals surface area contributed by atoms with E-state index in [1.165, 1.54) is 0 Å². The molecule has 1 aromatic carbocycles. The summed E-state index contributed by atoms with van der Waals surface area (Å²) in [5.74, 6) is 0.786. The quantitative estimate of drug-likeness (QED) is 0.866. The highest BCUT2D eigenvalue weighted by atomic mass is 79.9. The van der Waals surface area contributed by atoms with Gasteiger partial charge >= 0.3 is 0 Å². The summed E-state index contributed by atoms with van der Waals surface area (Å²) >= 11 is 3.52. The molecule has 0 aliphatic rings. The first kappa shape index (κ1) is 16.0. The molecule has 21 heavy (non-hydrogen) atoms. The molecule has 0 saturated carbocycles. The van der Waals surface area contributed by atoms with Gasteiger partial charge in [0.2, 0.25) is 0 Å². The van der Waals surface area contributed by atoms with Crippen LogP contribution in [0, 0.1) is 6.92 Å². The van der Waals surface area contributed by atoms with Gasteiger partial charge in [0.25, 0.3) is 0 Å². The number of nitrogens with zero attached hydrogens (tertiary/aromatic N) is 2. The van der Waals surface area contributed by atoms with Crippen LogP contribution in [0.4, 0.5) is 0 Å². The van der Waals surface area contributed by atoms with Crippen LogP contribution in [0.1, 0.15) is 22.9 Å². The molecule has 1 unspecified atom stereocenters. The maximum Gasteiger partial charge on any atom is 0.124 e. The van der Waals surface area contributed by atoms with Crippen molar-refractivity contribution < 1.29 is 9.47 Å². The number of aryl methyl sites for hydroxylation is 1. The molecule has 0 spiro atoms. The predicted molar refractivity (Wildman–Crippen MR) is 85.6 cm³/mol. The fourth-order valence-corrected chi connectivity index (χ4v) is 2.80. The molecule has 0 amide bonds. The summed E-state index contributed by atoms with van der Waals surface area (Å²) < 4.78 is 13.3. The Morgan fingerprint density at radius 3 is 2.81 bits per heavy atom. The Bertz CT molecular complexity index is 613. The SMILES string of the molecule is COCCn1ncc(Br)c1C(N)c1ccc(C)cc1OC. The van der Waals surface area contributed by atoms with Gasteiger partial charge in [-0.3, -0.25) is 4.68 Å². The second kappa shape index (κ2) is 7.06. The Balaban J connectivity index is 2.40. The van der Waals surface area contributed by atoms with E-state index in [-0.39, 0.29) is 6.04 Å². The molecule has 0 bridgehead atoms. The molecule has 2 N–H and O–H groups in total. The lowest BCUT2D eigenvalue weighted by Gasteiger charge is -2.18. The van der Waals surface area contributed by atoms with Gasteiger partial charge in [-0.05, 0) is 34.5 Å². The van der Waals surface area contributed by atoms with Crippen LogP contribution in [-0.2, 0) is 11.3 Å². The average molecular weight is 354 g/mol. The van der Waals surface area contributed by atoms with E-state index in [0.717, 1.165) is 27.0 Å². The number of methoxy groups -OCH3 is 2. The molecule has 1 aromatic heterocycles. The lowest BCUT2D eigenvalue weighted by atomic mass is 10.0. The highest BCUT2D eigenvalue weighted by Gasteiger charge is 2.21. The topological polar surface area (TPSA) is 62.3 Å². The molecule has 0 aliphatic carbocycles. The minimum Gasteiger partial charge on any atom is -0.496 e. The molecule has 0 saturated heterocycles. The van der Waals surface area contributed by atoms with Gasteiger partial charge in [-0.2, -0.15) is 5.10 Å². The van der Waals surface area contributed by atoms with Gasteiger partial charge in [0, 0.05) is 12.7 Å². The van der Waals surface area contributed by atoms with E-state index in [1.807, 2.05) is 29.8 Å². The van der Waals surface area contributed by atoms with Crippen molar-refractivity contribution in [3.8, 4) is 5.75 Å². The summed E-state index contributed by atoms with van der Waals surface area (Å²) in [4.78, 5) is 0. The molecule has 6 heteroatoms. The molecular weight excluding hydrogens is 334 g/mol. The first-order valence-corrected chi connectivity index (χ1v) is 7.48. The first-order valence-electron chi connectivity index (χ1n) is 6.68. The Hall–Kier alpha value is -1.37. The number of nitrogens with two attached hydrogens (primary N) is 1. The monoisotopic (exact) mass is 353 g/mol. The third-order valence-electron chi connectivity index (χ3n) is 3.36. The van der Waals surface area contributed by atoms with Crippen LogP contribution >= 0.6 is 15.9 Å². The van der Waals surface area contributed by atoms with Gasteiger partial charge in [-0.25, -0.2) is 0 Å². The summed E-state index contributed by atoms with van der Waals surface area (Å²) in [7, 11) is 3.32. The third kappa shape index (κ3) is 3.45. The van der Waals surface area contributed by atoms with Gasteiger partial charge in [0.15, 0.2) is 0 Å². The van der Waals surface area contributed by atoms with Gasteiger partial charge < -0.3 is 15.2 Å². The van der Waals surface area contributed by atoms with E-state index in [1.54, 1.807) is 20.4 Å². The van der Waals surface area contributed by atoms with E-state index in [4.69, 9.17) is 15.2 Å². The zero-order valence-corrected chi connectivity index (χ0v) is 14.1. The van der Waals surface area contributed by atoms with Crippen molar-refractivity contribution in [2.24, 2.45) is 5.73 Å². The fraction of sp³-hybridized carbons (Fsp3) is 0.400. The number of hydrogen-bond donors (Lipinski definition) is 1. The van der Waals surface area contributed by atoms with Crippen molar-refractivity contribution in [2.75, 3.05) is 20.8 Å². The Morgan fingerprint density at radius 2 is 2.14 bits per heavy atom. The van der Waals surface area contributed by atoms with Crippen LogP contribution in [0.15, 0.2) is 28.9 Å². The highest BCUT2D eigenvalue weighted by molar-refractivity contribution is 9.10. The minimum absolute atomic E-state index is 0.325. The second-order valence-corrected chi connectivity index (χ2v) is 5.67. The van der Waals surface area contributed by atoms with Crippen molar-refractivity contribution in [2.45, 2.75) is 19.5 Å². The standard InChI is InChI=1S/C15H20BrN3O2/c1-10-4-5-11(13(8-10)21-3)14(17)15-12(16)9-18-19(15)6-7-20-2/h4-5,8-9,14H,6-7,17H2,1-3H3. The Labute approximate surface area is 133 Å². The van der Waals surface area contributed by atoms with Crippen LogP contribution in [0.5, 0.6) is 5.75 Å². The van der Waals surface area contributed by atoms with Crippen molar-refractivity contribution in [1.82, 2.24) is 9.78 Å². The van der Waals surface area contributed by atoms with Crippen LogP contribution in [0.2, 0.25) is 0 Å².